The molecule has 2 rings (SSSR count). The smallest absolute Gasteiger partial charge is 0.241 e. The fourth-order valence-electron chi connectivity index (χ4n) is 1.96. The zero-order chi connectivity index (χ0) is 13.7. The molecule has 0 spiro atoms. The van der Waals surface area contributed by atoms with Gasteiger partial charge in [-0.1, -0.05) is 15.9 Å². The lowest BCUT2D eigenvalue weighted by molar-refractivity contribution is -0.129. The van der Waals surface area contributed by atoms with E-state index in [1.807, 2.05) is 11.0 Å². The van der Waals surface area contributed by atoms with Gasteiger partial charge in [0.1, 0.15) is 6.07 Å². The molecule has 19 heavy (non-hydrogen) atoms. The molecule has 1 aliphatic heterocycles. The number of nitriles is 1. The second-order valence-corrected chi connectivity index (χ2v) is 5.20. The summed E-state index contributed by atoms with van der Waals surface area (Å²) in [5, 5.41) is 15.3. The Morgan fingerprint density at radius 1 is 1.47 bits per heavy atom. The van der Waals surface area contributed by atoms with E-state index in [0.29, 0.717) is 11.3 Å². The molecule has 0 radical (unpaired) electrons. The number of piperazine rings is 1. The largest absolute Gasteiger partial charge is 0.375 e. The van der Waals surface area contributed by atoms with Crippen molar-refractivity contribution in [2.45, 2.75) is 0 Å². The molecule has 1 heterocycles. The quantitative estimate of drug-likeness (QED) is 0.876. The summed E-state index contributed by atoms with van der Waals surface area (Å²) < 4.78 is 0.850. The minimum absolute atomic E-state index is 0.0632. The number of anilines is 1. The Bertz CT molecular complexity index is 506. The zero-order valence-electron chi connectivity index (χ0n) is 10.4. The highest BCUT2D eigenvalue weighted by Crippen LogP contribution is 2.20. The molecule has 2 N–H and O–H groups in total. The number of rotatable bonds is 3. The van der Waals surface area contributed by atoms with Gasteiger partial charge in [0.15, 0.2) is 0 Å². The number of carbonyl (C=O) groups is 1. The van der Waals surface area contributed by atoms with Gasteiger partial charge in [0.25, 0.3) is 0 Å². The third kappa shape index (κ3) is 3.69. The predicted molar refractivity (Wildman–Crippen MR) is 76.8 cm³/mol. The first-order valence-corrected chi connectivity index (χ1v) is 6.92. The van der Waals surface area contributed by atoms with Crippen LogP contribution in [0.15, 0.2) is 22.7 Å². The van der Waals surface area contributed by atoms with E-state index in [-0.39, 0.29) is 12.5 Å². The van der Waals surface area contributed by atoms with Crippen molar-refractivity contribution in [1.29, 1.82) is 5.26 Å². The van der Waals surface area contributed by atoms with Gasteiger partial charge in [-0.15, -0.1) is 0 Å². The first-order valence-electron chi connectivity index (χ1n) is 6.13. The summed E-state index contributed by atoms with van der Waals surface area (Å²) in [7, 11) is 0. The van der Waals surface area contributed by atoms with E-state index in [4.69, 9.17) is 5.26 Å². The fraction of sp³-hybridized carbons (Fsp3) is 0.385. The number of halogens is 1. The Balaban J connectivity index is 1.95. The summed E-state index contributed by atoms with van der Waals surface area (Å²) >= 11 is 3.32. The van der Waals surface area contributed by atoms with E-state index in [2.05, 4.69) is 32.6 Å². The SMILES string of the molecule is N#Cc1cc(Br)ccc1NCC(=O)N1CCNCC1. The van der Waals surface area contributed by atoms with Crippen LogP contribution in [0.1, 0.15) is 5.56 Å². The monoisotopic (exact) mass is 322 g/mol. The van der Waals surface area contributed by atoms with Crippen molar-refractivity contribution in [3.05, 3.63) is 28.2 Å². The van der Waals surface area contributed by atoms with Crippen LogP contribution < -0.4 is 10.6 Å². The molecular formula is C13H15BrN4O. The molecule has 6 heteroatoms. The summed E-state index contributed by atoms with van der Waals surface area (Å²) in [6.45, 7) is 3.38. The highest BCUT2D eigenvalue weighted by Gasteiger charge is 2.16. The Morgan fingerprint density at radius 3 is 2.89 bits per heavy atom. The van der Waals surface area contributed by atoms with E-state index in [1.54, 1.807) is 12.1 Å². The van der Waals surface area contributed by atoms with Gasteiger partial charge in [0.05, 0.1) is 17.8 Å². The maximum Gasteiger partial charge on any atom is 0.241 e. The highest BCUT2D eigenvalue weighted by molar-refractivity contribution is 9.10. The van der Waals surface area contributed by atoms with Crippen molar-refractivity contribution < 1.29 is 4.79 Å². The number of carbonyl (C=O) groups excluding carboxylic acids is 1. The molecule has 0 unspecified atom stereocenters. The van der Waals surface area contributed by atoms with Crippen LogP contribution >= 0.6 is 15.9 Å². The Morgan fingerprint density at radius 2 is 2.21 bits per heavy atom. The molecule has 0 saturated carbocycles. The van der Waals surface area contributed by atoms with Crippen LogP contribution in [0.25, 0.3) is 0 Å². The zero-order valence-corrected chi connectivity index (χ0v) is 12.0. The first-order chi connectivity index (χ1) is 9.20. The highest BCUT2D eigenvalue weighted by atomic mass is 79.9. The van der Waals surface area contributed by atoms with Crippen LogP contribution in [-0.4, -0.2) is 43.5 Å². The maximum absolute atomic E-state index is 12.0. The molecule has 1 aromatic carbocycles. The standard InChI is InChI=1S/C13H15BrN4O/c14-11-1-2-12(10(7-11)8-15)17-9-13(19)18-5-3-16-4-6-18/h1-2,7,16-17H,3-6,9H2. The number of amides is 1. The summed E-state index contributed by atoms with van der Waals surface area (Å²) in [5.74, 6) is 0.0632. The lowest BCUT2D eigenvalue weighted by Gasteiger charge is -2.27. The van der Waals surface area contributed by atoms with Gasteiger partial charge >= 0.3 is 0 Å². The molecule has 1 amide bonds. The second kappa shape index (κ2) is 6.55. The minimum atomic E-state index is 0.0632. The molecule has 0 atom stereocenters. The van der Waals surface area contributed by atoms with Crippen LogP contribution in [0.5, 0.6) is 0 Å². The average Bonchev–Trinajstić information content (AvgIpc) is 2.46. The fourth-order valence-corrected chi connectivity index (χ4v) is 2.32. The molecule has 0 bridgehead atoms. The summed E-state index contributed by atoms with van der Waals surface area (Å²) in [4.78, 5) is 13.8. The first kappa shape index (κ1) is 13.8. The number of nitrogens with one attached hydrogen (secondary N) is 2. The van der Waals surface area contributed by atoms with Crippen molar-refractivity contribution in [2.75, 3.05) is 38.0 Å². The van der Waals surface area contributed by atoms with Gasteiger partial charge in [0.2, 0.25) is 5.91 Å². The van der Waals surface area contributed by atoms with Gasteiger partial charge in [0, 0.05) is 30.7 Å². The van der Waals surface area contributed by atoms with E-state index in [0.717, 1.165) is 30.7 Å². The normalized spacial score (nSPS) is 14.8. The topological polar surface area (TPSA) is 68.2 Å². The molecule has 0 aliphatic carbocycles. The Labute approximate surface area is 120 Å². The van der Waals surface area contributed by atoms with E-state index in [9.17, 15) is 4.79 Å². The van der Waals surface area contributed by atoms with Crippen LogP contribution in [0, 0.1) is 11.3 Å². The van der Waals surface area contributed by atoms with Crippen LogP contribution in [0.3, 0.4) is 0 Å². The summed E-state index contributed by atoms with van der Waals surface area (Å²) in [6, 6.07) is 7.49. The lowest BCUT2D eigenvalue weighted by Crippen LogP contribution is -2.48. The van der Waals surface area contributed by atoms with Gasteiger partial charge in [-0.25, -0.2) is 0 Å². The average molecular weight is 323 g/mol. The number of hydrogen-bond acceptors (Lipinski definition) is 4. The predicted octanol–water partition coefficient (Wildman–Crippen LogP) is 1.16. The summed E-state index contributed by atoms with van der Waals surface area (Å²) in [5.41, 5.74) is 1.22. The van der Waals surface area contributed by atoms with Crippen LogP contribution in [-0.2, 0) is 4.79 Å². The van der Waals surface area contributed by atoms with E-state index in [1.165, 1.54) is 0 Å². The number of benzene rings is 1. The number of hydrogen-bond donors (Lipinski definition) is 2. The Hall–Kier alpha value is -1.58. The molecule has 1 aliphatic rings. The molecule has 1 fully saturated rings. The van der Waals surface area contributed by atoms with Gasteiger partial charge in [-0.2, -0.15) is 5.26 Å². The lowest BCUT2D eigenvalue weighted by atomic mass is 10.2. The third-order valence-electron chi connectivity index (χ3n) is 3.00. The third-order valence-corrected chi connectivity index (χ3v) is 3.50. The van der Waals surface area contributed by atoms with Gasteiger partial charge < -0.3 is 15.5 Å². The maximum atomic E-state index is 12.0. The molecule has 100 valence electrons. The molecule has 0 aromatic heterocycles. The molecule has 1 aromatic rings. The molecular weight excluding hydrogens is 308 g/mol. The molecule has 5 nitrogen and oxygen atoms in total. The number of nitrogens with zero attached hydrogens (tertiary/aromatic N) is 2. The van der Waals surface area contributed by atoms with Gasteiger partial charge in [-0.05, 0) is 18.2 Å². The Kier molecular flexibility index (Phi) is 4.77. The van der Waals surface area contributed by atoms with E-state index >= 15 is 0 Å². The summed E-state index contributed by atoms with van der Waals surface area (Å²) in [6.07, 6.45) is 0. The van der Waals surface area contributed by atoms with Crippen molar-refractivity contribution in [3.8, 4) is 6.07 Å². The van der Waals surface area contributed by atoms with Crippen molar-refractivity contribution >= 4 is 27.5 Å². The molecule has 1 saturated heterocycles. The van der Waals surface area contributed by atoms with Crippen molar-refractivity contribution in [1.82, 2.24) is 10.2 Å². The van der Waals surface area contributed by atoms with Crippen molar-refractivity contribution in [2.24, 2.45) is 0 Å². The minimum Gasteiger partial charge on any atom is -0.375 e. The second-order valence-electron chi connectivity index (χ2n) is 4.29. The van der Waals surface area contributed by atoms with Crippen LogP contribution in [0.4, 0.5) is 5.69 Å². The van der Waals surface area contributed by atoms with Gasteiger partial charge in [-0.3, -0.25) is 4.79 Å². The van der Waals surface area contributed by atoms with Crippen molar-refractivity contribution in [3.63, 3.8) is 0 Å². The van der Waals surface area contributed by atoms with E-state index < -0.39 is 0 Å². The van der Waals surface area contributed by atoms with Crippen LogP contribution in [0.2, 0.25) is 0 Å².